The van der Waals surface area contributed by atoms with Crippen molar-refractivity contribution in [1.82, 2.24) is 25.2 Å². The summed E-state index contributed by atoms with van der Waals surface area (Å²) in [7, 11) is 9.35. The number of hydrogen-bond donors (Lipinski definition) is 4. The lowest BCUT2D eigenvalue weighted by Gasteiger charge is -2.36. The number of rotatable bonds is 11. The molecule has 0 aliphatic carbocycles. The summed E-state index contributed by atoms with van der Waals surface area (Å²) in [5.74, 6) is 0.600. The van der Waals surface area contributed by atoms with Gasteiger partial charge in [0.1, 0.15) is 11.4 Å². The number of ether oxygens (including phenoxy) is 1. The Morgan fingerprint density at radius 2 is 1.93 bits per heavy atom. The van der Waals surface area contributed by atoms with Crippen molar-refractivity contribution in [3.8, 4) is 17.0 Å². The number of nitro benzene ring substituents is 1. The van der Waals surface area contributed by atoms with E-state index in [9.17, 15) is 10.1 Å². The van der Waals surface area contributed by atoms with Crippen LogP contribution in [0.4, 0.5) is 23.0 Å². The molecular formula is C29H40ClN9O3. The normalized spacial score (nSPS) is 11.3. The zero-order valence-corrected chi connectivity index (χ0v) is 25.9. The third-order valence-electron chi connectivity index (χ3n) is 6.91. The maximum Gasteiger partial charge on any atom is 0.294 e. The number of fused-ring (bicyclic) bond motifs is 1. The first-order valence-corrected chi connectivity index (χ1v) is 13.8. The summed E-state index contributed by atoms with van der Waals surface area (Å²) in [5, 5.41) is 19.4. The van der Waals surface area contributed by atoms with Crippen molar-refractivity contribution in [2.45, 2.75) is 19.4 Å². The SMILES string of the molecule is CNCCN(C)C.COc1cc(N(C)C(C)(C)CN)c([N+](=O)[O-])cc1Nc1ncc(Cl)c(-c2c[nH]c3ccccc23)n1. The first kappa shape index (κ1) is 32.5. The summed E-state index contributed by atoms with van der Waals surface area (Å²) in [6.45, 7) is 6.31. The molecule has 4 aromatic rings. The van der Waals surface area contributed by atoms with Crippen molar-refractivity contribution in [2.75, 3.05) is 65.2 Å². The maximum absolute atomic E-state index is 12.0. The number of halogens is 1. The number of likely N-dealkylation sites (N-methyl/N-ethyl adjacent to an activating group) is 3. The number of nitro groups is 1. The summed E-state index contributed by atoms with van der Waals surface area (Å²) in [6, 6.07) is 10.8. The highest BCUT2D eigenvalue weighted by Gasteiger charge is 2.30. The van der Waals surface area contributed by atoms with E-state index in [1.807, 2.05) is 51.4 Å². The minimum Gasteiger partial charge on any atom is -0.494 e. The van der Waals surface area contributed by atoms with Gasteiger partial charge in [0, 0.05) is 67.0 Å². The molecule has 0 aliphatic rings. The molecule has 226 valence electrons. The quantitative estimate of drug-likeness (QED) is 0.139. The van der Waals surface area contributed by atoms with E-state index < -0.39 is 10.5 Å². The Labute approximate surface area is 251 Å². The van der Waals surface area contributed by atoms with Crippen LogP contribution in [0.15, 0.2) is 48.8 Å². The summed E-state index contributed by atoms with van der Waals surface area (Å²) >= 11 is 6.43. The van der Waals surface area contributed by atoms with Gasteiger partial charge in [0.05, 0.1) is 34.6 Å². The standard InChI is InChI=1S/C24H26ClN7O3.C5H14N2/c1-24(2,13-26)31(3)19-10-21(35-4)18(9-20(19)32(33)34)29-23-28-12-16(25)22(30-23)15-11-27-17-8-6-5-7-14(15)17;1-6-4-5-7(2)3/h5-12,27H,13,26H2,1-4H3,(H,28,29,30);6H,4-5H2,1-3H3. The van der Waals surface area contributed by atoms with E-state index in [-0.39, 0.29) is 11.6 Å². The molecule has 2 aromatic carbocycles. The van der Waals surface area contributed by atoms with Gasteiger partial charge >= 0.3 is 0 Å². The van der Waals surface area contributed by atoms with Crippen LogP contribution in [0, 0.1) is 10.1 Å². The molecule has 0 radical (unpaired) electrons. The monoisotopic (exact) mass is 597 g/mol. The van der Waals surface area contributed by atoms with E-state index in [1.165, 1.54) is 19.4 Å². The molecule has 2 heterocycles. The van der Waals surface area contributed by atoms with Gasteiger partial charge in [-0.3, -0.25) is 10.1 Å². The van der Waals surface area contributed by atoms with E-state index in [0.29, 0.717) is 34.4 Å². The van der Waals surface area contributed by atoms with Gasteiger partial charge in [0.25, 0.3) is 5.69 Å². The lowest BCUT2D eigenvalue weighted by Crippen LogP contribution is -2.47. The molecule has 0 unspecified atom stereocenters. The molecule has 0 bridgehead atoms. The van der Waals surface area contributed by atoms with Crippen LogP contribution in [-0.4, -0.2) is 85.2 Å². The third-order valence-corrected chi connectivity index (χ3v) is 7.18. The van der Waals surface area contributed by atoms with Gasteiger partial charge in [-0.2, -0.15) is 0 Å². The fraction of sp³-hybridized carbons (Fsp3) is 0.379. The zero-order valence-electron chi connectivity index (χ0n) is 25.2. The Morgan fingerprint density at radius 1 is 1.21 bits per heavy atom. The average Bonchev–Trinajstić information content (AvgIpc) is 3.40. The maximum atomic E-state index is 12.0. The van der Waals surface area contributed by atoms with Crippen molar-refractivity contribution in [3.05, 3.63) is 63.9 Å². The topological polar surface area (TPSA) is 150 Å². The second-order valence-corrected chi connectivity index (χ2v) is 11.0. The Bertz CT molecular complexity index is 1510. The van der Waals surface area contributed by atoms with Crippen molar-refractivity contribution in [2.24, 2.45) is 5.73 Å². The van der Waals surface area contributed by atoms with Gasteiger partial charge in [-0.15, -0.1) is 0 Å². The van der Waals surface area contributed by atoms with E-state index >= 15 is 0 Å². The summed E-state index contributed by atoms with van der Waals surface area (Å²) < 4.78 is 5.54. The molecule has 0 saturated carbocycles. The predicted molar refractivity (Wildman–Crippen MR) is 171 cm³/mol. The zero-order chi connectivity index (χ0) is 31.0. The smallest absolute Gasteiger partial charge is 0.294 e. The highest BCUT2D eigenvalue weighted by Crippen LogP contribution is 2.41. The van der Waals surface area contributed by atoms with Crippen LogP contribution < -0.4 is 26.0 Å². The number of nitrogens with one attached hydrogen (secondary N) is 3. The molecule has 5 N–H and O–H groups in total. The number of para-hydroxylation sites is 1. The molecule has 0 saturated heterocycles. The molecule has 0 aliphatic heterocycles. The molecule has 0 fully saturated rings. The molecule has 0 atom stereocenters. The molecule has 13 heteroatoms. The van der Waals surface area contributed by atoms with Crippen molar-refractivity contribution >= 4 is 45.5 Å². The fourth-order valence-electron chi connectivity index (χ4n) is 4.04. The van der Waals surface area contributed by atoms with E-state index in [4.69, 9.17) is 22.1 Å². The minimum absolute atomic E-state index is 0.108. The van der Waals surface area contributed by atoms with Gasteiger partial charge < -0.3 is 35.9 Å². The van der Waals surface area contributed by atoms with Gasteiger partial charge in [-0.05, 0) is 41.1 Å². The number of aromatic nitrogens is 3. The number of benzene rings is 2. The molecule has 0 spiro atoms. The first-order valence-electron chi connectivity index (χ1n) is 13.4. The Kier molecular flexibility index (Phi) is 11.1. The predicted octanol–water partition coefficient (Wildman–Crippen LogP) is 4.88. The van der Waals surface area contributed by atoms with Crippen LogP contribution in [0.5, 0.6) is 5.75 Å². The van der Waals surface area contributed by atoms with E-state index in [1.54, 1.807) is 18.0 Å². The number of hydrogen-bond acceptors (Lipinski definition) is 10. The van der Waals surface area contributed by atoms with E-state index in [0.717, 1.165) is 29.6 Å². The third kappa shape index (κ3) is 7.65. The molecule has 12 nitrogen and oxygen atoms in total. The van der Waals surface area contributed by atoms with Crippen molar-refractivity contribution in [1.29, 1.82) is 0 Å². The molecule has 42 heavy (non-hydrogen) atoms. The number of methoxy groups -OCH3 is 1. The van der Waals surface area contributed by atoms with Gasteiger partial charge in [-0.1, -0.05) is 29.8 Å². The molecule has 2 aromatic heterocycles. The minimum atomic E-state index is -0.516. The number of aromatic amines is 1. The van der Waals surface area contributed by atoms with Crippen molar-refractivity contribution < 1.29 is 9.66 Å². The molecular weight excluding hydrogens is 558 g/mol. The summed E-state index contributed by atoms with van der Waals surface area (Å²) in [6.07, 6.45) is 3.32. The van der Waals surface area contributed by atoms with Gasteiger partial charge in [0.2, 0.25) is 5.95 Å². The van der Waals surface area contributed by atoms with Crippen LogP contribution >= 0.6 is 11.6 Å². The van der Waals surface area contributed by atoms with Crippen LogP contribution in [0.3, 0.4) is 0 Å². The Hall–Kier alpha value is -3.97. The summed E-state index contributed by atoms with van der Waals surface area (Å²) in [4.78, 5) is 27.5. The second-order valence-electron chi connectivity index (χ2n) is 10.5. The van der Waals surface area contributed by atoms with Gasteiger partial charge in [-0.25, -0.2) is 9.97 Å². The molecule has 0 amide bonds. The number of nitrogens with zero attached hydrogens (tertiary/aromatic N) is 5. The van der Waals surface area contributed by atoms with Crippen LogP contribution in [-0.2, 0) is 0 Å². The van der Waals surface area contributed by atoms with Crippen LogP contribution in [0.1, 0.15) is 13.8 Å². The van der Waals surface area contributed by atoms with Gasteiger partial charge in [0.15, 0.2) is 0 Å². The Morgan fingerprint density at radius 3 is 2.52 bits per heavy atom. The highest BCUT2D eigenvalue weighted by molar-refractivity contribution is 6.33. The number of nitrogens with two attached hydrogens (primary N) is 1. The average molecular weight is 598 g/mol. The van der Waals surface area contributed by atoms with E-state index in [2.05, 4.69) is 44.6 Å². The highest BCUT2D eigenvalue weighted by atomic mass is 35.5. The lowest BCUT2D eigenvalue weighted by molar-refractivity contribution is -0.384. The van der Waals surface area contributed by atoms with Crippen molar-refractivity contribution in [3.63, 3.8) is 0 Å². The number of H-pyrrole nitrogens is 1. The Balaban J connectivity index is 0.000000616. The first-order chi connectivity index (χ1) is 19.9. The lowest BCUT2D eigenvalue weighted by atomic mass is 10.0. The fourth-order valence-corrected chi connectivity index (χ4v) is 4.23. The number of anilines is 3. The molecule has 4 rings (SSSR count). The van der Waals surface area contributed by atoms with Crippen LogP contribution in [0.25, 0.3) is 22.2 Å². The van der Waals surface area contributed by atoms with Crippen LogP contribution in [0.2, 0.25) is 5.02 Å². The second kappa shape index (κ2) is 14.3. The largest absolute Gasteiger partial charge is 0.494 e. The summed E-state index contributed by atoms with van der Waals surface area (Å²) in [5.41, 5.74) is 8.27.